The van der Waals surface area contributed by atoms with Gasteiger partial charge in [0.05, 0.1) is 7.11 Å². The van der Waals surface area contributed by atoms with Crippen molar-refractivity contribution in [1.82, 2.24) is 9.80 Å². The molecule has 0 bridgehead atoms. The molecule has 1 saturated heterocycles. The van der Waals surface area contributed by atoms with Gasteiger partial charge in [0.15, 0.2) is 0 Å². The number of amides is 1. The zero-order chi connectivity index (χ0) is 24.8. The van der Waals surface area contributed by atoms with Crippen molar-refractivity contribution in [1.29, 1.82) is 0 Å². The monoisotopic (exact) mass is 474 g/mol. The van der Waals surface area contributed by atoms with Crippen LogP contribution in [0.5, 0.6) is 5.75 Å². The van der Waals surface area contributed by atoms with E-state index in [2.05, 4.69) is 41.3 Å². The third kappa shape index (κ3) is 5.73. The standard InChI is InChI=1S/C30H35FN2O2/c1-4-32(5-2)30(34)24-15-13-23(14-16-24)29-28(25-18-26(31)20-27(19-25)35-3)12-9-17-33(29)21-22-10-7-6-8-11-22/h6-8,10-11,13-16,18-20,28-29H,4-5,9,12,17,21H2,1-3H3. The third-order valence-corrected chi connectivity index (χ3v) is 7.07. The predicted octanol–water partition coefficient (Wildman–Crippen LogP) is 6.44. The number of benzene rings is 3. The summed E-state index contributed by atoms with van der Waals surface area (Å²) >= 11 is 0. The molecule has 0 saturated carbocycles. The predicted molar refractivity (Wildman–Crippen MR) is 138 cm³/mol. The number of ether oxygens (including phenoxy) is 1. The minimum atomic E-state index is -0.279. The molecular weight excluding hydrogens is 439 g/mol. The number of rotatable bonds is 8. The number of hydrogen-bond donors (Lipinski definition) is 0. The van der Waals surface area contributed by atoms with E-state index in [0.29, 0.717) is 24.4 Å². The number of hydrogen-bond acceptors (Lipinski definition) is 3. The highest BCUT2D eigenvalue weighted by molar-refractivity contribution is 5.94. The highest BCUT2D eigenvalue weighted by Crippen LogP contribution is 2.44. The van der Waals surface area contributed by atoms with Crippen LogP contribution in [0.4, 0.5) is 4.39 Å². The van der Waals surface area contributed by atoms with Gasteiger partial charge in [-0.1, -0.05) is 42.5 Å². The summed E-state index contributed by atoms with van der Waals surface area (Å²) in [5.74, 6) is 0.427. The normalized spacial score (nSPS) is 18.3. The van der Waals surface area contributed by atoms with Gasteiger partial charge >= 0.3 is 0 Å². The van der Waals surface area contributed by atoms with E-state index in [1.807, 2.05) is 43.0 Å². The molecule has 0 N–H and O–H groups in total. The molecule has 1 heterocycles. The molecule has 4 nitrogen and oxygen atoms in total. The van der Waals surface area contributed by atoms with E-state index < -0.39 is 0 Å². The fourth-order valence-corrected chi connectivity index (χ4v) is 5.29. The van der Waals surface area contributed by atoms with Crippen LogP contribution >= 0.6 is 0 Å². The van der Waals surface area contributed by atoms with Gasteiger partial charge in [0.25, 0.3) is 5.91 Å². The van der Waals surface area contributed by atoms with E-state index >= 15 is 0 Å². The van der Waals surface area contributed by atoms with Crippen LogP contribution in [-0.4, -0.2) is 42.5 Å². The second kappa shape index (κ2) is 11.5. The van der Waals surface area contributed by atoms with Gasteiger partial charge in [-0.3, -0.25) is 9.69 Å². The molecule has 1 aliphatic rings. The Hall–Kier alpha value is -3.18. The zero-order valence-corrected chi connectivity index (χ0v) is 20.9. The van der Waals surface area contributed by atoms with Crippen LogP contribution in [0.15, 0.2) is 72.8 Å². The quantitative estimate of drug-likeness (QED) is 0.377. The molecule has 2 unspecified atom stereocenters. The summed E-state index contributed by atoms with van der Waals surface area (Å²) in [6.07, 6.45) is 1.99. The maximum absolute atomic E-state index is 14.5. The molecule has 5 heteroatoms. The van der Waals surface area contributed by atoms with Gasteiger partial charge in [-0.15, -0.1) is 0 Å². The second-order valence-electron chi connectivity index (χ2n) is 9.17. The van der Waals surface area contributed by atoms with Crippen LogP contribution in [-0.2, 0) is 6.54 Å². The van der Waals surface area contributed by atoms with Crippen LogP contribution in [0.3, 0.4) is 0 Å². The van der Waals surface area contributed by atoms with Gasteiger partial charge in [-0.25, -0.2) is 4.39 Å². The van der Waals surface area contributed by atoms with E-state index in [9.17, 15) is 9.18 Å². The van der Waals surface area contributed by atoms with Crippen molar-refractivity contribution in [3.8, 4) is 5.75 Å². The molecule has 1 amide bonds. The van der Waals surface area contributed by atoms with Gasteiger partial charge in [-0.2, -0.15) is 0 Å². The average molecular weight is 475 g/mol. The summed E-state index contributed by atoms with van der Waals surface area (Å²) in [6, 6.07) is 23.6. The topological polar surface area (TPSA) is 32.8 Å². The third-order valence-electron chi connectivity index (χ3n) is 7.07. The van der Waals surface area contributed by atoms with E-state index in [1.165, 1.54) is 11.6 Å². The lowest BCUT2D eigenvalue weighted by molar-refractivity contribution is 0.0772. The first-order valence-electron chi connectivity index (χ1n) is 12.6. The molecule has 4 rings (SSSR count). The lowest BCUT2D eigenvalue weighted by Crippen LogP contribution is -2.37. The molecule has 1 aliphatic heterocycles. The summed E-state index contributed by atoms with van der Waals surface area (Å²) < 4.78 is 19.9. The Morgan fingerprint density at radius 3 is 2.37 bits per heavy atom. The molecule has 3 aromatic carbocycles. The Kier molecular flexibility index (Phi) is 8.19. The molecule has 184 valence electrons. The molecule has 0 aliphatic carbocycles. The van der Waals surface area contributed by atoms with E-state index in [0.717, 1.165) is 37.1 Å². The Balaban J connectivity index is 1.71. The van der Waals surface area contributed by atoms with Crippen molar-refractivity contribution >= 4 is 5.91 Å². The van der Waals surface area contributed by atoms with Crippen molar-refractivity contribution < 1.29 is 13.9 Å². The number of carbonyl (C=O) groups is 1. The van der Waals surface area contributed by atoms with Crippen molar-refractivity contribution in [2.24, 2.45) is 0 Å². The summed E-state index contributed by atoms with van der Waals surface area (Å²) in [5, 5.41) is 0. The highest BCUT2D eigenvalue weighted by Gasteiger charge is 2.34. The van der Waals surface area contributed by atoms with Gasteiger partial charge < -0.3 is 9.64 Å². The van der Waals surface area contributed by atoms with E-state index in [1.54, 1.807) is 13.2 Å². The minimum Gasteiger partial charge on any atom is -0.497 e. The van der Waals surface area contributed by atoms with Crippen LogP contribution in [0.25, 0.3) is 0 Å². The molecular formula is C30H35FN2O2. The molecule has 2 atom stereocenters. The van der Waals surface area contributed by atoms with Gasteiger partial charge in [0.2, 0.25) is 0 Å². The fourth-order valence-electron chi connectivity index (χ4n) is 5.29. The Labute approximate surface area is 208 Å². The number of nitrogens with zero attached hydrogens (tertiary/aromatic N) is 2. The minimum absolute atomic E-state index is 0.0535. The highest BCUT2D eigenvalue weighted by atomic mass is 19.1. The number of methoxy groups -OCH3 is 1. The summed E-state index contributed by atoms with van der Waals surface area (Å²) in [4.78, 5) is 17.2. The first-order chi connectivity index (χ1) is 17.0. The molecule has 0 radical (unpaired) electrons. The largest absolute Gasteiger partial charge is 0.497 e. The maximum atomic E-state index is 14.5. The van der Waals surface area contributed by atoms with E-state index in [4.69, 9.17) is 4.74 Å². The lowest BCUT2D eigenvalue weighted by Gasteiger charge is -2.42. The Morgan fingerprint density at radius 2 is 1.71 bits per heavy atom. The number of carbonyl (C=O) groups excluding carboxylic acids is 1. The maximum Gasteiger partial charge on any atom is 0.253 e. The fraction of sp³-hybridized carbons (Fsp3) is 0.367. The lowest BCUT2D eigenvalue weighted by atomic mass is 9.79. The van der Waals surface area contributed by atoms with E-state index in [-0.39, 0.29) is 23.7 Å². The van der Waals surface area contributed by atoms with Gasteiger partial charge in [0.1, 0.15) is 11.6 Å². The first-order valence-corrected chi connectivity index (χ1v) is 12.6. The Bertz CT molecular complexity index is 1110. The summed E-state index contributed by atoms with van der Waals surface area (Å²) in [5.41, 5.74) is 4.05. The average Bonchev–Trinajstić information content (AvgIpc) is 2.89. The molecule has 0 spiro atoms. The van der Waals surface area contributed by atoms with Gasteiger partial charge in [-0.05, 0) is 74.2 Å². The molecule has 35 heavy (non-hydrogen) atoms. The molecule has 0 aromatic heterocycles. The summed E-state index contributed by atoms with van der Waals surface area (Å²) in [7, 11) is 1.57. The van der Waals surface area contributed by atoms with Crippen molar-refractivity contribution in [2.45, 2.75) is 45.2 Å². The second-order valence-corrected chi connectivity index (χ2v) is 9.17. The van der Waals surface area contributed by atoms with Crippen LogP contribution < -0.4 is 4.74 Å². The molecule has 3 aromatic rings. The van der Waals surface area contributed by atoms with Crippen LogP contribution in [0.1, 0.15) is 65.7 Å². The van der Waals surface area contributed by atoms with Crippen molar-refractivity contribution in [3.63, 3.8) is 0 Å². The number of piperidine rings is 1. The van der Waals surface area contributed by atoms with Crippen LogP contribution in [0.2, 0.25) is 0 Å². The zero-order valence-electron chi connectivity index (χ0n) is 20.9. The summed E-state index contributed by atoms with van der Waals surface area (Å²) in [6.45, 7) is 7.15. The number of halogens is 1. The first kappa shape index (κ1) is 24.9. The van der Waals surface area contributed by atoms with Gasteiger partial charge in [0, 0.05) is 43.2 Å². The SMILES string of the molecule is CCN(CC)C(=O)c1ccc(C2C(c3cc(F)cc(OC)c3)CCCN2Cc2ccccc2)cc1. The van der Waals surface area contributed by atoms with Crippen molar-refractivity contribution in [2.75, 3.05) is 26.7 Å². The van der Waals surface area contributed by atoms with Crippen molar-refractivity contribution in [3.05, 3.63) is 101 Å². The number of likely N-dealkylation sites (tertiary alicyclic amines) is 1. The smallest absolute Gasteiger partial charge is 0.253 e. The molecule has 1 fully saturated rings. The van der Waals surface area contributed by atoms with Crippen LogP contribution in [0, 0.1) is 5.82 Å². The Morgan fingerprint density at radius 1 is 1.00 bits per heavy atom.